The SMILES string of the molecule is Nc1nc(N)c2ncn(C3(C(=O)COCP(=O)(O)O)CC3)c2n1. The monoisotopic (exact) mass is 342 g/mol. The van der Waals surface area contributed by atoms with Crippen LogP contribution in [0.3, 0.4) is 0 Å². The van der Waals surface area contributed by atoms with Crippen LogP contribution in [0.2, 0.25) is 0 Å². The fraction of sp³-hybridized carbons (Fsp3) is 0.455. The van der Waals surface area contributed by atoms with Gasteiger partial charge in [0.05, 0.1) is 6.33 Å². The van der Waals surface area contributed by atoms with Crippen molar-refractivity contribution in [3.8, 4) is 0 Å². The first kappa shape index (κ1) is 15.8. The Kier molecular flexibility index (Phi) is 3.60. The Hall–Kier alpha value is -2.07. The number of Topliss-reactive ketones (excluding diaryl/α,β-unsaturated/α-hetero) is 1. The lowest BCUT2D eigenvalue weighted by Crippen LogP contribution is -2.31. The number of anilines is 2. The number of ether oxygens (including phenoxy) is 1. The lowest BCUT2D eigenvalue weighted by atomic mass is 10.1. The fourth-order valence-corrected chi connectivity index (χ4v) is 2.75. The first-order valence-corrected chi connectivity index (χ1v) is 8.45. The average molecular weight is 342 g/mol. The molecule has 1 saturated carbocycles. The minimum absolute atomic E-state index is 0.0299. The zero-order valence-corrected chi connectivity index (χ0v) is 12.8. The molecule has 0 unspecified atom stereocenters. The third-order valence-electron chi connectivity index (χ3n) is 3.64. The number of carbonyl (C=O) groups excluding carboxylic acids is 1. The van der Waals surface area contributed by atoms with Crippen molar-refractivity contribution in [2.45, 2.75) is 18.4 Å². The predicted molar refractivity (Wildman–Crippen MR) is 79.2 cm³/mol. The molecule has 11 nitrogen and oxygen atoms in total. The Balaban J connectivity index is 1.86. The summed E-state index contributed by atoms with van der Waals surface area (Å²) in [7, 11) is -4.31. The minimum Gasteiger partial charge on any atom is -0.382 e. The molecule has 0 amide bonds. The Morgan fingerprint density at radius 2 is 2.09 bits per heavy atom. The molecule has 1 aliphatic rings. The van der Waals surface area contributed by atoms with Crippen LogP contribution in [0.5, 0.6) is 0 Å². The molecular weight excluding hydrogens is 327 g/mol. The lowest BCUT2D eigenvalue weighted by molar-refractivity contribution is -0.127. The van der Waals surface area contributed by atoms with Crippen molar-refractivity contribution in [3.63, 3.8) is 0 Å². The van der Waals surface area contributed by atoms with Crippen LogP contribution in [0, 0.1) is 0 Å². The van der Waals surface area contributed by atoms with Crippen LogP contribution < -0.4 is 11.5 Å². The summed E-state index contributed by atoms with van der Waals surface area (Å²) in [6, 6.07) is 0. The van der Waals surface area contributed by atoms with E-state index in [0.29, 0.717) is 24.0 Å². The molecule has 124 valence electrons. The van der Waals surface area contributed by atoms with Gasteiger partial charge >= 0.3 is 7.60 Å². The van der Waals surface area contributed by atoms with Gasteiger partial charge in [-0.2, -0.15) is 9.97 Å². The highest BCUT2D eigenvalue weighted by atomic mass is 31.2. The summed E-state index contributed by atoms with van der Waals surface area (Å²) in [6.07, 6.45) is 1.71. The number of nitrogens with two attached hydrogens (primary N) is 2. The molecule has 0 bridgehead atoms. The van der Waals surface area contributed by atoms with Crippen LogP contribution in [0.1, 0.15) is 12.8 Å². The largest absolute Gasteiger partial charge is 0.382 e. The minimum atomic E-state index is -4.31. The van der Waals surface area contributed by atoms with Crippen molar-refractivity contribution in [2.75, 3.05) is 24.4 Å². The first-order valence-electron chi connectivity index (χ1n) is 6.65. The van der Waals surface area contributed by atoms with Crippen molar-refractivity contribution >= 4 is 36.3 Å². The van der Waals surface area contributed by atoms with Crippen LogP contribution in [-0.2, 0) is 19.6 Å². The number of aromatic nitrogens is 4. The van der Waals surface area contributed by atoms with Gasteiger partial charge in [-0.1, -0.05) is 0 Å². The third kappa shape index (κ3) is 2.91. The van der Waals surface area contributed by atoms with E-state index in [9.17, 15) is 9.36 Å². The Morgan fingerprint density at radius 3 is 2.70 bits per heavy atom. The third-order valence-corrected chi connectivity index (χ3v) is 4.16. The van der Waals surface area contributed by atoms with E-state index in [2.05, 4.69) is 15.0 Å². The van der Waals surface area contributed by atoms with Gasteiger partial charge in [-0.25, -0.2) is 4.98 Å². The van der Waals surface area contributed by atoms with Crippen molar-refractivity contribution in [1.29, 1.82) is 0 Å². The molecule has 2 aromatic rings. The maximum absolute atomic E-state index is 12.4. The van der Waals surface area contributed by atoms with Gasteiger partial charge in [-0.15, -0.1) is 0 Å². The smallest absolute Gasteiger partial charge is 0.350 e. The van der Waals surface area contributed by atoms with Crippen LogP contribution in [-0.4, -0.2) is 48.0 Å². The van der Waals surface area contributed by atoms with Gasteiger partial charge in [0.15, 0.2) is 17.2 Å². The Morgan fingerprint density at radius 1 is 1.39 bits per heavy atom. The fourth-order valence-electron chi connectivity index (χ4n) is 2.42. The van der Waals surface area contributed by atoms with Crippen molar-refractivity contribution in [2.24, 2.45) is 0 Å². The number of nitrogen functional groups attached to an aromatic ring is 2. The molecule has 2 heterocycles. The Labute approximate surface area is 129 Å². The highest BCUT2D eigenvalue weighted by Crippen LogP contribution is 2.46. The van der Waals surface area contributed by atoms with Gasteiger partial charge in [0.2, 0.25) is 5.95 Å². The second kappa shape index (κ2) is 5.24. The summed E-state index contributed by atoms with van der Waals surface area (Å²) >= 11 is 0. The summed E-state index contributed by atoms with van der Waals surface area (Å²) in [6.45, 7) is -0.416. The number of hydrogen-bond acceptors (Lipinski definition) is 8. The first-order chi connectivity index (χ1) is 10.7. The van der Waals surface area contributed by atoms with E-state index in [4.69, 9.17) is 26.0 Å². The molecular formula is C11H15N6O5P. The molecule has 23 heavy (non-hydrogen) atoms. The molecule has 0 spiro atoms. The van der Waals surface area contributed by atoms with E-state index in [0.717, 1.165) is 0 Å². The van der Waals surface area contributed by atoms with Gasteiger partial charge < -0.3 is 30.6 Å². The molecule has 0 aromatic carbocycles. The van der Waals surface area contributed by atoms with E-state index in [1.54, 1.807) is 4.57 Å². The summed E-state index contributed by atoms with van der Waals surface area (Å²) in [4.78, 5) is 41.9. The van der Waals surface area contributed by atoms with Gasteiger partial charge in [-0.05, 0) is 12.8 Å². The number of fused-ring (bicyclic) bond motifs is 1. The summed E-state index contributed by atoms with van der Waals surface area (Å²) in [5, 5.41) is 0. The zero-order valence-electron chi connectivity index (χ0n) is 11.9. The van der Waals surface area contributed by atoms with Crippen molar-refractivity contribution < 1.29 is 23.9 Å². The number of nitrogens with zero attached hydrogens (tertiary/aromatic N) is 4. The van der Waals surface area contributed by atoms with E-state index < -0.39 is 26.1 Å². The van der Waals surface area contributed by atoms with E-state index in [1.807, 2.05) is 0 Å². The highest BCUT2D eigenvalue weighted by Gasteiger charge is 2.52. The molecule has 1 fully saturated rings. The number of rotatable bonds is 6. The molecule has 1 aliphatic carbocycles. The molecule has 2 aromatic heterocycles. The molecule has 3 rings (SSSR count). The number of imidazole rings is 1. The van der Waals surface area contributed by atoms with Gasteiger partial charge in [-0.3, -0.25) is 9.36 Å². The van der Waals surface area contributed by atoms with Crippen LogP contribution in [0.15, 0.2) is 6.33 Å². The Bertz CT molecular complexity index is 826. The highest BCUT2D eigenvalue weighted by molar-refractivity contribution is 7.51. The molecule has 6 N–H and O–H groups in total. The van der Waals surface area contributed by atoms with Crippen molar-refractivity contribution in [1.82, 2.24) is 19.5 Å². The second-order valence-electron chi connectivity index (χ2n) is 5.35. The predicted octanol–water partition coefficient (Wildman–Crippen LogP) is -0.799. The molecule has 0 saturated heterocycles. The number of hydrogen-bond donors (Lipinski definition) is 4. The maximum atomic E-state index is 12.4. The van der Waals surface area contributed by atoms with Crippen LogP contribution in [0.25, 0.3) is 11.2 Å². The van der Waals surface area contributed by atoms with E-state index in [-0.39, 0.29) is 17.5 Å². The molecule has 0 radical (unpaired) electrons. The standard InChI is InChI=1S/C11H15N6O5P/c12-8-7-9(16-10(13)15-8)17(4-14-7)11(1-2-11)6(18)3-22-5-23(19,20)21/h4H,1-3,5H2,(H2,19,20,21)(H4,12,13,15,16). The van der Waals surface area contributed by atoms with Crippen LogP contribution in [0.4, 0.5) is 11.8 Å². The quantitative estimate of drug-likeness (QED) is 0.485. The van der Waals surface area contributed by atoms with Crippen LogP contribution >= 0.6 is 7.60 Å². The maximum Gasteiger partial charge on any atom is 0.350 e. The number of ketones is 1. The van der Waals surface area contributed by atoms with Gasteiger partial charge in [0.25, 0.3) is 0 Å². The van der Waals surface area contributed by atoms with Crippen molar-refractivity contribution in [3.05, 3.63) is 6.33 Å². The summed E-state index contributed by atoms with van der Waals surface area (Å²) in [5.41, 5.74) is 11.1. The molecule has 12 heteroatoms. The zero-order chi connectivity index (χ0) is 16.8. The number of carbonyl (C=O) groups is 1. The topological polar surface area (TPSA) is 179 Å². The molecule has 0 atom stereocenters. The second-order valence-corrected chi connectivity index (χ2v) is 6.94. The summed E-state index contributed by atoms with van der Waals surface area (Å²) in [5.74, 6) is -0.231. The van der Waals surface area contributed by atoms with E-state index >= 15 is 0 Å². The molecule has 0 aliphatic heterocycles. The lowest BCUT2D eigenvalue weighted by Gasteiger charge is -2.16. The normalized spacial score (nSPS) is 16.6. The summed E-state index contributed by atoms with van der Waals surface area (Å²) < 4.78 is 17.1. The average Bonchev–Trinajstić information content (AvgIpc) is 3.12. The van der Waals surface area contributed by atoms with Gasteiger partial charge in [0.1, 0.15) is 24.0 Å². The van der Waals surface area contributed by atoms with E-state index in [1.165, 1.54) is 6.33 Å². The van der Waals surface area contributed by atoms with Gasteiger partial charge in [0, 0.05) is 0 Å².